The SMILES string of the molecule is CCOC(=O)CC/C=C\CCCC(O)CC1OCCO1. The number of carbonyl (C=O) groups is 1. The third-order valence-electron chi connectivity index (χ3n) is 3.05. The third-order valence-corrected chi connectivity index (χ3v) is 3.05. The van der Waals surface area contributed by atoms with Gasteiger partial charge in [-0.3, -0.25) is 4.79 Å². The monoisotopic (exact) mass is 286 g/mol. The normalized spacial score (nSPS) is 17.7. The van der Waals surface area contributed by atoms with Crippen LogP contribution in [0, 0.1) is 0 Å². The second kappa shape index (κ2) is 10.8. The molecule has 0 saturated carbocycles. The number of carbonyl (C=O) groups excluding carboxylic acids is 1. The van der Waals surface area contributed by atoms with Crippen molar-refractivity contribution in [2.75, 3.05) is 19.8 Å². The lowest BCUT2D eigenvalue weighted by molar-refractivity contribution is -0.143. The molecule has 116 valence electrons. The molecule has 1 saturated heterocycles. The molecule has 0 aromatic heterocycles. The van der Waals surface area contributed by atoms with Gasteiger partial charge in [-0.2, -0.15) is 0 Å². The van der Waals surface area contributed by atoms with Gasteiger partial charge < -0.3 is 19.3 Å². The van der Waals surface area contributed by atoms with Crippen LogP contribution < -0.4 is 0 Å². The molecule has 0 amide bonds. The van der Waals surface area contributed by atoms with Gasteiger partial charge in [-0.15, -0.1) is 0 Å². The van der Waals surface area contributed by atoms with Gasteiger partial charge in [0.05, 0.1) is 25.9 Å². The third kappa shape index (κ3) is 8.30. The van der Waals surface area contributed by atoms with Gasteiger partial charge in [-0.05, 0) is 32.6 Å². The van der Waals surface area contributed by atoms with E-state index in [0.717, 1.165) is 19.3 Å². The topological polar surface area (TPSA) is 65.0 Å². The summed E-state index contributed by atoms with van der Waals surface area (Å²) in [6.07, 6.45) is 7.71. The minimum atomic E-state index is -0.369. The van der Waals surface area contributed by atoms with E-state index in [1.807, 2.05) is 6.08 Å². The lowest BCUT2D eigenvalue weighted by atomic mass is 10.1. The molecule has 1 fully saturated rings. The zero-order valence-corrected chi connectivity index (χ0v) is 12.3. The number of hydrogen-bond donors (Lipinski definition) is 1. The molecule has 5 nitrogen and oxygen atoms in total. The van der Waals surface area contributed by atoms with Crippen molar-refractivity contribution < 1.29 is 24.1 Å². The van der Waals surface area contributed by atoms with Crippen molar-refractivity contribution in [1.29, 1.82) is 0 Å². The molecule has 1 unspecified atom stereocenters. The van der Waals surface area contributed by atoms with Crippen molar-refractivity contribution in [3.63, 3.8) is 0 Å². The molecular formula is C15H26O5. The van der Waals surface area contributed by atoms with Crippen molar-refractivity contribution in [3.05, 3.63) is 12.2 Å². The van der Waals surface area contributed by atoms with Crippen molar-refractivity contribution in [3.8, 4) is 0 Å². The molecule has 0 spiro atoms. The summed E-state index contributed by atoms with van der Waals surface area (Å²) in [7, 11) is 0. The van der Waals surface area contributed by atoms with Crippen LogP contribution in [-0.2, 0) is 19.0 Å². The predicted octanol–water partition coefficient (Wildman–Crippen LogP) is 2.18. The fourth-order valence-electron chi connectivity index (χ4n) is 2.02. The Morgan fingerprint density at radius 2 is 2.05 bits per heavy atom. The smallest absolute Gasteiger partial charge is 0.306 e. The van der Waals surface area contributed by atoms with Crippen LogP contribution in [0.2, 0.25) is 0 Å². The van der Waals surface area contributed by atoms with E-state index < -0.39 is 0 Å². The number of esters is 1. The summed E-state index contributed by atoms with van der Waals surface area (Å²) in [6.45, 7) is 3.50. The first kappa shape index (κ1) is 17.1. The first-order chi connectivity index (χ1) is 9.72. The Bertz CT molecular complexity index is 284. The zero-order valence-electron chi connectivity index (χ0n) is 12.3. The van der Waals surface area contributed by atoms with Crippen molar-refractivity contribution in [2.24, 2.45) is 0 Å². The molecular weight excluding hydrogens is 260 g/mol. The number of rotatable bonds is 10. The summed E-state index contributed by atoms with van der Waals surface area (Å²) >= 11 is 0. The molecule has 20 heavy (non-hydrogen) atoms. The quantitative estimate of drug-likeness (QED) is 0.379. The zero-order chi connectivity index (χ0) is 14.6. The minimum Gasteiger partial charge on any atom is -0.466 e. The maximum absolute atomic E-state index is 11.1. The average Bonchev–Trinajstić information content (AvgIpc) is 2.90. The maximum Gasteiger partial charge on any atom is 0.306 e. The van der Waals surface area contributed by atoms with Gasteiger partial charge in [0.25, 0.3) is 0 Å². The van der Waals surface area contributed by atoms with E-state index in [0.29, 0.717) is 39.1 Å². The standard InChI is InChI=1S/C15H26O5/c1-2-18-14(17)9-7-5-3-4-6-8-13(16)12-15-19-10-11-20-15/h3,5,13,15-16H,2,4,6-12H2,1H3/b5-3-. The molecule has 1 aliphatic rings. The van der Waals surface area contributed by atoms with Gasteiger partial charge in [0.1, 0.15) is 0 Å². The molecule has 1 heterocycles. The molecule has 0 bridgehead atoms. The summed E-state index contributed by atoms with van der Waals surface area (Å²) < 4.78 is 15.4. The maximum atomic E-state index is 11.1. The predicted molar refractivity (Wildman–Crippen MR) is 75.2 cm³/mol. The van der Waals surface area contributed by atoms with E-state index in [4.69, 9.17) is 14.2 Å². The summed E-state index contributed by atoms with van der Waals surface area (Å²) in [5.41, 5.74) is 0. The Morgan fingerprint density at radius 3 is 2.75 bits per heavy atom. The molecule has 0 aromatic rings. The largest absolute Gasteiger partial charge is 0.466 e. The van der Waals surface area contributed by atoms with E-state index in [-0.39, 0.29) is 18.4 Å². The lowest BCUT2D eigenvalue weighted by Gasteiger charge is -2.14. The molecule has 1 N–H and O–H groups in total. The minimum absolute atomic E-state index is 0.149. The van der Waals surface area contributed by atoms with Gasteiger partial charge in [0, 0.05) is 12.8 Å². The van der Waals surface area contributed by atoms with Crippen LogP contribution in [0.4, 0.5) is 0 Å². The summed E-state index contributed by atoms with van der Waals surface area (Å²) in [6, 6.07) is 0. The van der Waals surface area contributed by atoms with Gasteiger partial charge in [-0.25, -0.2) is 0 Å². The number of aliphatic hydroxyl groups excluding tert-OH is 1. The van der Waals surface area contributed by atoms with Gasteiger partial charge >= 0.3 is 5.97 Å². The van der Waals surface area contributed by atoms with Crippen LogP contribution in [0.25, 0.3) is 0 Å². The molecule has 5 heteroatoms. The molecule has 0 radical (unpaired) electrons. The number of unbranched alkanes of at least 4 members (excludes halogenated alkanes) is 1. The lowest BCUT2D eigenvalue weighted by Crippen LogP contribution is -2.18. The second-order valence-corrected chi connectivity index (χ2v) is 4.81. The average molecular weight is 286 g/mol. The Labute approximate surface area is 120 Å². The Hall–Kier alpha value is -0.910. The highest BCUT2D eigenvalue weighted by atomic mass is 16.7. The van der Waals surface area contributed by atoms with Gasteiger partial charge in [0.15, 0.2) is 6.29 Å². The number of hydrogen-bond acceptors (Lipinski definition) is 5. The highest BCUT2D eigenvalue weighted by Gasteiger charge is 2.19. The van der Waals surface area contributed by atoms with Gasteiger partial charge in [-0.1, -0.05) is 12.2 Å². The first-order valence-corrected chi connectivity index (χ1v) is 7.44. The first-order valence-electron chi connectivity index (χ1n) is 7.44. The number of allylic oxidation sites excluding steroid dienone is 2. The summed E-state index contributed by atoms with van der Waals surface area (Å²) in [4.78, 5) is 11.1. The van der Waals surface area contributed by atoms with E-state index in [1.165, 1.54) is 0 Å². The Morgan fingerprint density at radius 1 is 1.35 bits per heavy atom. The Kier molecular flexibility index (Phi) is 9.28. The fraction of sp³-hybridized carbons (Fsp3) is 0.800. The van der Waals surface area contributed by atoms with Crippen LogP contribution in [0.3, 0.4) is 0 Å². The van der Waals surface area contributed by atoms with Crippen LogP contribution in [0.15, 0.2) is 12.2 Å². The molecule has 1 aliphatic heterocycles. The van der Waals surface area contributed by atoms with Crippen molar-refractivity contribution in [1.82, 2.24) is 0 Å². The van der Waals surface area contributed by atoms with E-state index >= 15 is 0 Å². The van der Waals surface area contributed by atoms with Crippen molar-refractivity contribution >= 4 is 5.97 Å². The van der Waals surface area contributed by atoms with Crippen LogP contribution in [0.1, 0.15) is 45.4 Å². The fourth-order valence-corrected chi connectivity index (χ4v) is 2.02. The molecule has 0 aliphatic carbocycles. The Balaban J connectivity index is 1.93. The van der Waals surface area contributed by atoms with Crippen molar-refractivity contribution in [2.45, 2.75) is 57.8 Å². The number of ether oxygens (including phenoxy) is 3. The van der Waals surface area contributed by atoms with Crippen LogP contribution in [-0.4, -0.2) is 43.3 Å². The van der Waals surface area contributed by atoms with E-state index in [9.17, 15) is 9.90 Å². The number of aliphatic hydroxyl groups is 1. The van der Waals surface area contributed by atoms with Crippen LogP contribution in [0.5, 0.6) is 0 Å². The molecule has 1 rings (SSSR count). The summed E-state index contributed by atoms with van der Waals surface area (Å²) in [5, 5.41) is 9.80. The van der Waals surface area contributed by atoms with E-state index in [2.05, 4.69) is 6.08 Å². The molecule has 0 aromatic carbocycles. The highest BCUT2D eigenvalue weighted by molar-refractivity contribution is 5.69. The molecule has 1 atom stereocenters. The second-order valence-electron chi connectivity index (χ2n) is 4.81. The van der Waals surface area contributed by atoms with Crippen LogP contribution >= 0.6 is 0 Å². The van der Waals surface area contributed by atoms with E-state index in [1.54, 1.807) is 6.92 Å². The highest BCUT2D eigenvalue weighted by Crippen LogP contribution is 2.14. The summed E-state index contributed by atoms with van der Waals surface area (Å²) in [5.74, 6) is -0.149. The van der Waals surface area contributed by atoms with Gasteiger partial charge in [0.2, 0.25) is 0 Å².